The van der Waals surface area contributed by atoms with Crippen molar-refractivity contribution in [2.75, 3.05) is 17.2 Å². The molecule has 3 rings (SSSR count). The zero-order chi connectivity index (χ0) is 15.0. The number of anilines is 2. The summed E-state index contributed by atoms with van der Waals surface area (Å²) in [4.78, 5) is 12.4. The van der Waals surface area contributed by atoms with Gasteiger partial charge in [-0.15, -0.1) is 0 Å². The van der Waals surface area contributed by atoms with Crippen molar-refractivity contribution in [1.29, 1.82) is 0 Å². The number of nitrogen functional groups attached to an aromatic ring is 1. The molecule has 0 atom stereocenters. The Morgan fingerprint density at radius 3 is 2.86 bits per heavy atom. The van der Waals surface area contributed by atoms with E-state index in [1.807, 2.05) is 4.90 Å². The molecule has 2 aromatic rings. The van der Waals surface area contributed by atoms with Crippen LogP contribution in [0.4, 0.5) is 21.5 Å². The minimum absolute atomic E-state index is 0.0119. The summed E-state index contributed by atoms with van der Waals surface area (Å²) in [5.41, 5.74) is 9.01. The summed E-state index contributed by atoms with van der Waals surface area (Å²) in [6, 6.07) is 9.13. The molecule has 0 fully saturated rings. The van der Waals surface area contributed by atoms with E-state index in [1.165, 1.54) is 30.3 Å². The molecule has 0 radical (unpaired) electrons. The number of fused-ring (bicyclic) bond motifs is 1. The molecule has 21 heavy (non-hydrogen) atoms. The number of nitrogens with zero attached hydrogens (tertiary/aromatic N) is 2. The van der Waals surface area contributed by atoms with Crippen LogP contribution in [-0.2, 0) is 13.0 Å². The SMILES string of the molecule is Nc1ccc([N+](=O)[O-])cc1CN1CCc2ccc(F)cc21. The fourth-order valence-electron chi connectivity index (χ4n) is 2.63. The van der Waals surface area contributed by atoms with Gasteiger partial charge in [0.25, 0.3) is 5.69 Å². The van der Waals surface area contributed by atoms with Crippen LogP contribution in [0.1, 0.15) is 11.1 Å². The van der Waals surface area contributed by atoms with E-state index >= 15 is 0 Å². The van der Waals surface area contributed by atoms with Gasteiger partial charge in [0, 0.05) is 42.2 Å². The molecule has 0 spiro atoms. The predicted molar refractivity (Wildman–Crippen MR) is 78.7 cm³/mol. The summed E-state index contributed by atoms with van der Waals surface area (Å²) in [5.74, 6) is -0.285. The molecule has 0 saturated heterocycles. The van der Waals surface area contributed by atoms with Gasteiger partial charge in [-0.2, -0.15) is 0 Å². The maximum absolute atomic E-state index is 13.4. The van der Waals surface area contributed by atoms with Crippen LogP contribution in [0.5, 0.6) is 0 Å². The first-order chi connectivity index (χ1) is 10.0. The van der Waals surface area contributed by atoms with Crippen molar-refractivity contribution in [1.82, 2.24) is 0 Å². The van der Waals surface area contributed by atoms with E-state index in [-0.39, 0.29) is 11.5 Å². The molecule has 0 aliphatic carbocycles. The molecule has 1 heterocycles. The minimum Gasteiger partial charge on any atom is -0.398 e. The predicted octanol–water partition coefficient (Wildman–Crippen LogP) is 2.88. The Morgan fingerprint density at radius 1 is 1.29 bits per heavy atom. The molecule has 1 aliphatic heterocycles. The summed E-state index contributed by atoms with van der Waals surface area (Å²) in [5, 5.41) is 10.8. The molecular weight excluding hydrogens is 273 g/mol. The molecule has 0 saturated carbocycles. The zero-order valence-electron chi connectivity index (χ0n) is 11.3. The van der Waals surface area contributed by atoms with E-state index in [0.29, 0.717) is 17.8 Å². The number of hydrogen-bond acceptors (Lipinski definition) is 4. The molecule has 0 bridgehead atoms. The molecule has 5 nitrogen and oxygen atoms in total. The molecule has 108 valence electrons. The monoisotopic (exact) mass is 287 g/mol. The van der Waals surface area contributed by atoms with Crippen LogP contribution >= 0.6 is 0 Å². The molecule has 1 aliphatic rings. The second-order valence-electron chi connectivity index (χ2n) is 5.08. The van der Waals surface area contributed by atoms with Gasteiger partial charge in [-0.1, -0.05) is 6.07 Å². The highest BCUT2D eigenvalue weighted by atomic mass is 19.1. The first-order valence-electron chi connectivity index (χ1n) is 6.61. The van der Waals surface area contributed by atoms with Crippen LogP contribution in [0.25, 0.3) is 0 Å². The fourth-order valence-corrected chi connectivity index (χ4v) is 2.63. The van der Waals surface area contributed by atoms with Gasteiger partial charge in [0.15, 0.2) is 0 Å². The fraction of sp³-hybridized carbons (Fsp3) is 0.200. The quantitative estimate of drug-likeness (QED) is 0.535. The van der Waals surface area contributed by atoms with E-state index in [9.17, 15) is 14.5 Å². The van der Waals surface area contributed by atoms with Gasteiger partial charge >= 0.3 is 0 Å². The Kier molecular flexibility index (Phi) is 3.21. The normalized spacial score (nSPS) is 13.3. The second kappa shape index (κ2) is 5.05. The van der Waals surface area contributed by atoms with Gasteiger partial charge in [0.05, 0.1) is 4.92 Å². The standard InChI is InChI=1S/C15H14FN3O2/c16-12-2-1-10-5-6-18(15(10)8-12)9-11-7-13(19(20)21)3-4-14(11)17/h1-4,7-8H,5-6,9,17H2. The summed E-state index contributed by atoms with van der Waals surface area (Å²) < 4.78 is 13.4. The van der Waals surface area contributed by atoms with Crippen molar-refractivity contribution in [3.8, 4) is 0 Å². The lowest BCUT2D eigenvalue weighted by Gasteiger charge is -2.20. The van der Waals surface area contributed by atoms with Crippen molar-refractivity contribution < 1.29 is 9.31 Å². The van der Waals surface area contributed by atoms with E-state index in [1.54, 1.807) is 6.07 Å². The van der Waals surface area contributed by atoms with Crippen molar-refractivity contribution in [2.45, 2.75) is 13.0 Å². The first kappa shape index (κ1) is 13.4. The maximum Gasteiger partial charge on any atom is 0.269 e. The third-order valence-corrected chi connectivity index (χ3v) is 3.74. The first-order valence-corrected chi connectivity index (χ1v) is 6.61. The molecular formula is C15H14FN3O2. The largest absolute Gasteiger partial charge is 0.398 e. The number of rotatable bonds is 3. The van der Waals surface area contributed by atoms with Crippen molar-refractivity contribution >= 4 is 17.1 Å². The minimum atomic E-state index is -0.444. The van der Waals surface area contributed by atoms with Gasteiger partial charge in [-0.3, -0.25) is 10.1 Å². The lowest BCUT2D eigenvalue weighted by atomic mass is 10.1. The average Bonchev–Trinajstić information content (AvgIpc) is 2.83. The van der Waals surface area contributed by atoms with Crippen LogP contribution in [0.3, 0.4) is 0 Å². The number of hydrogen-bond donors (Lipinski definition) is 1. The molecule has 0 unspecified atom stereocenters. The Balaban J connectivity index is 1.91. The number of nitro groups is 1. The van der Waals surface area contributed by atoms with Crippen molar-refractivity contribution in [2.24, 2.45) is 0 Å². The number of nitro benzene ring substituents is 1. The Hall–Kier alpha value is -2.63. The van der Waals surface area contributed by atoms with Gasteiger partial charge in [0.2, 0.25) is 0 Å². The van der Waals surface area contributed by atoms with Crippen molar-refractivity contribution in [3.05, 3.63) is 63.5 Å². The number of halogens is 1. The van der Waals surface area contributed by atoms with Crippen LogP contribution in [-0.4, -0.2) is 11.5 Å². The number of nitrogens with two attached hydrogens (primary N) is 1. The second-order valence-corrected chi connectivity index (χ2v) is 5.08. The van der Waals surface area contributed by atoms with Crippen LogP contribution in [0, 0.1) is 15.9 Å². The van der Waals surface area contributed by atoms with Crippen molar-refractivity contribution in [3.63, 3.8) is 0 Å². The van der Waals surface area contributed by atoms with E-state index in [0.717, 1.165) is 24.2 Å². The van der Waals surface area contributed by atoms with E-state index < -0.39 is 4.92 Å². The van der Waals surface area contributed by atoms with Gasteiger partial charge < -0.3 is 10.6 Å². The summed E-state index contributed by atoms with van der Waals surface area (Å²) >= 11 is 0. The highest BCUT2D eigenvalue weighted by Gasteiger charge is 2.21. The number of non-ortho nitro benzene ring substituents is 1. The molecule has 6 heteroatoms. The summed E-state index contributed by atoms with van der Waals surface area (Å²) in [6.45, 7) is 1.19. The Bertz CT molecular complexity index is 718. The topological polar surface area (TPSA) is 72.4 Å². The molecule has 0 aromatic heterocycles. The molecule has 2 N–H and O–H groups in total. The summed E-state index contributed by atoms with van der Waals surface area (Å²) in [7, 11) is 0. The third-order valence-electron chi connectivity index (χ3n) is 3.74. The highest BCUT2D eigenvalue weighted by Crippen LogP contribution is 2.31. The van der Waals surface area contributed by atoms with Gasteiger partial charge in [-0.05, 0) is 30.2 Å². The smallest absolute Gasteiger partial charge is 0.269 e. The molecule has 0 amide bonds. The highest BCUT2D eigenvalue weighted by molar-refractivity contribution is 5.61. The average molecular weight is 287 g/mol. The van der Waals surface area contributed by atoms with E-state index in [2.05, 4.69) is 0 Å². The summed E-state index contributed by atoms with van der Waals surface area (Å²) in [6.07, 6.45) is 0.838. The Morgan fingerprint density at radius 2 is 2.10 bits per heavy atom. The Labute approximate surface area is 120 Å². The van der Waals surface area contributed by atoms with Crippen LogP contribution < -0.4 is 10.6 Å². The maximum atomic E-state index is 13.4. The van der Waals surface area contributed by atoms with Crippen LogP contribution in [0.15, 0.2) is 36.4 Å². The van der Waals surface area contributed by atoms with Gasteiger partial charge in [0.1, 0.15) is 5.82 Å². The zero-order valence-corrected chi connectivity index (χ0v) is 11.3. The van der Waals surface area contributed by atoms with Crippen LogP contribution in [0.2, 0.25) is 0 Å². The third kappa shape index (κ3) is 2.52. The lowest BCUT2D eigenvalue weighted by Crippen LogP contribution is -2.20. The number of benzene rings is 2. The molecule has 2 aromatic carbocycles. The van der Waals surface area contributed by atoms with E-state index in [4.69, 9.17) is 5.73 Å². The lowest BCUT2D eigenvalue weighted by molar-refractivity contribution is -0.384. The van der Waals surface area contributed by atoms with Gasteiger partial charge in [-0.25, -0.2) is 4.39 Å².